The Kier molecular flexibility index (Phi) is 3.29. The monoisotopic (exact) mass is 257 g/mol. The van der Waals surface area contributed by atoms with Crippen molar-refractivity contribution in [2.24, 2.45) is 0 Å². The Hall–Kier alpha value is -2.14. The lowest BCUT2D eigenvalue weighted by Crippen LogP contribution is -2.36. The third-order valence-electron chi connectivity index (χ3n) is 3.10. The molecule has 1 fully saturated rings. The van der Waals surface area contributed by atoms with E-state index >= 15 is 0 Å². The number of phenolic OH excluding ortho intramolecular Hbond substituents is 1. The summed E-state index contributed by atoms with van der Waals surface area (Å²) in [6.45, 7) is 3.18. The molecular formula is C14H15N3O2. The number of rotatable bonds is 2. The number of hydrogen-bond acceptors (Lipinski definition) is 5. The highest BCUT2D eigenvalue weighted by Gasteiger charge is 2.13. The Balaban J connectivity index is 1.88. The van der Waals surface area contributed by atoms with Crippen LogP contribution in [0.15, 0.2) is 36.5 Å². The molecule has 1 aromatic heterocycles. The fraction of sp³-hybridized carbons (Fsp3) is 0.286. The number of benzene rings is 1. The van der Waals surface area contributed by atoms with E-state index in [4.69, 9.17) is 4.74 Å². The lowest BCUT2D eigenvalue weighted by atomic mass is 10.2. The minimum absolute atomic E-state index is 0.244. The van der Waals surface area contributed by atoms with E-state index in [1.54, 1.807) is 18.3 Å². The van der Waals surface area contributed by atoms with Crippen LogP contribution < -0.4 is 4.90 Å². The van der Waals surface area contributed by atoms with Gasteiger partial charge in [-0.3, -0.25) is 0 Å². The van der Waals surface area contributed by atoms with E-state index < -0.39 is 0 Å². The number of nitrogens with zero attached hydrogens (tertiary/aromatic N) is 3. The number of hydrogen-bond donors (Lipinski definition) is 1. The average molecular weight is 257 g/mol. The first kappa shape index (κ1) is 11.9. The molecule has 3 rings (SSSR count). The second-order valence-electron chi connectivity index (χ2n) is 4.38. The van der Waals surface area contributed by atoms with Gasteiger partial charge in [0, 0.05) is 24.8 Å². The molecule has 1 aromatic carbocycles. The van der Waals surface area contributed by atoms with Gasteiger partial charge < -0.3 is 14.7 Å². The van der Waals surface area contributed by atoms with E-state index in [1.165, 1.54) is 0 Å². The first-order valence-electron chi connectivity index (χ1n) is 6.28. The van der Waals surface area contributed by atoms with Crippen LogP contribution in [0.1, 0.15) is 0 Å². The molecule has 1 N–H and O–H groups in total. The molecule has 1 saturated heterocycles. The SMILES string of the molecule is Oc1ccc(-c2nccc(N3CCOCC3)n2)cc1. The molecule has 0 spiro atoms. The Morgan fingerprint density at radius 1 is 1.05 bits per heavy atom. The van der Waals surface area contributed by atoms with E-state index in [9.17, 15) is 5.11 Å². The molecule has 2 heterocycles. The molecule has 0 aliphatic carbocycles. The van der Waals surface area contributed by atoms with Gasteiger partial charge in [0.15, 0.2) is 5.82 Å². The number of morpholine rings is 1. The van der Waals surface area contributed by atoms with E-state index in [1.807, 2.05) is 18.2 Å². The van der Waals surface area contributed by atoms with Gasteiger partial charge in [0.25, 0.3) is 0 Å². The van der Waals surface area contributed by atoms with Gasteiger partial charge in [0.2, 0.25) is 0 Å². The van der Waals surface area contributed by atoms with Gasteiger partial charge >= 0.3 is 0 Å². The zero-order valence-electron chi connectivity index (χ0n) is 10.5. The normalized spacial score (nSPS) is 15.5. The quantitative estimate of drug-likeness (QED) is 0.887. The molecule has 5 nitrogen and oxygen atoms in total. The van der Waals surface area contributed by atoms with Crippen LogP contribution in [-0.4, -0.2) is 41.4 Å². The van der Waals surface area contributed by atoms with Gasteiger partial charge in [0.1, 0.15) is 11.6 Å². The van der Waals surface area contributed by atoms with Crippen LogP contribution in [0.25, 0.3) is 11.4 Å². The Morgan fingerprint density at radius 3 is 2.53 bits per heavy atom. The van der Waals surface area contributed by atoms with Crippen molar-refractivity contribution in [3.63, 3.8) is 0 Å². The standard InChI is InChI=1S/C14H15N3O2/c18-12-3-1-11(2-4-12)14-15-6-5-13(16-14)17-7-9-19-10-8-17/h1-6,18H,7-10H2. The largest absolute Gasteiger partial charge is 0.508 e. The first-order chi connectivity index (χ1) is 9.33. The molecule has 0 bridgehead atoms. The first-order valence-corrected chi connectivity index (χ1v) is 6.28. The number of aromatic hydroxyl groups is 1. The lowest BCUT2D eigenvalue weighted by molar-refractivity contribution is 0.122. The van der Waals surface area contributed by atoms with Crippen LogP contribution in [0, 0.1) is 0 Å². The summed E-state index contributed by atoms with van der Waals surface area (Å²) < 4.78 is 5.34. The van der Waals surface area contributed by atoms with Crippen LogP contribution in [0.4, 0.5) is 5.82 Å². The molecule has 0 radical (unpaired) electrons. The van der Waals surface area contributed by atoms with Gasteiger partial charge in [-0.25, -0.2) is 9.97 Å². The topological polar surface area (TPSA) is 58.5 Å². The van der Waals surface area contributed by atoms with Crippen LogP contribution in [0.2, 0.25) is 0 Å². The van der Waals surface area contributed by atoms with E-state index in [0.717, 1.165) is 37.7 Å². The predicted octanol–water partition coefficient (Wildman–Crippen LogP) is 1.69. The smallest absolute Gasteiger partial charge is 0.161 e. The van der Waals surface area contributed by atoms with Gasteiger partial charge in [-0.1, -0.05) is 0 Å². The van der Waals surface area contributed by atoms with Crippen molar-refractivity contribution in [3.8, 4) is 17.1 Å². The molecule has 1 aliphatic heterocycles. The van der Waals surface area contributed by atoms with Crippen molar-refractivity contribution in [3.05, 3.63) is 36.5 Å². The van der Waals surface area contributed by atoms with Gasteiger partial charge in [-0.05, 0) is 30.3 Å². The molecule has 0 saturated carbocycles. The molecule has 1 aliphatic rings. The summed E-state index contributed by atoms with van der Waals surface area (Å²) in [6, 6.07) is 8.82. The van der Waals surface area contributed by atoms with Crippen LogP contribution in [0.5, 0.6) is 5.75 Å². The third kappa shape index (κ3) is 2.66. The second-order valence-corrected chi connectivity index (χ2v) is 4.38. The summed E-state index contributed by atoms with van der Waals surface area (Å²) >= 11 is 0. The van der Waals surface area contributed by atoms with Crippen molar-refractivity contribution in [1.29, 1.82) is 0 Å². The highest BCUT2D eigenvalue weighted by atomic mass is 16.5. The maximum absolute atomic E-state index is 9.30. The number of phenols is 1. The zero-order chi connectivity index (χ0) is 13.1. The Labute approximate surface area is 111 Å². The fourth-order valence-electron chi connectivity index (χ4n) is 2.07. The highest BCUT2D eigenvalue weighted by Crippen LogP contribution is 2.21. The molecule has 0 amide bonds. The fourth-order valence-corrected chi connectivity index (χ4v) is 2.07. The van der Waals surface area contributed by atoms with E-state index in [-0.39, 0.29) is 5.75 Å². The molecule has 19 heavy (non-hydrogen) atoms. The van der Waals surface area contributed by atoms with Gasteiger partial charge in [-0.2, -0.15) is 0 Å². The molecule has 0 unspecified atom stereocenters. The van der Waals surface area contributed by atoms with Gasteiger partial charge in [-0.15, -0.1) is 0 Å². The summed E-state index contributed by atoms with van der Waals surface area (Å²) in [6.07, 6.45) is 1.76. The average Bonchev–Trinajstić information content (AvgIpc) is 2.49. The van der Waals surface area contributed by atoms with Crippen LogP contribution in [-0.2, 0) is 4.74 Å². The van der Waals surface area contributed by atoms with Crippen molar-refractivity contribution < 1.29 is 9.84 Å². The number of anilines is 1. The molecule has 0 atom stereocenters. The predicted molar refractivity (Wildman–Crippen MR) is 72.2 cm³/mol. The maximum Gasteiger partial charge on any atom is 0.161 e. The third-order valence-corrected chi connectivity index (χ3v) is 3.10. The molecule has 5 heteroatoms. The Morgan fingerprint density at radius 2 is 1.79 bits per heavy atom. The zero-order valence-corrected chi connectivity index (χ0v) is 10.5. The maximum atomic E-state index is 9.30. The summed E-state index contributed by atoms with van der Waals surface area (Å²) in [5.41, 5.74) is 0.896. The second kappa shape index (κ2) is 5.24. The number of ether oxygens (including phenoxy) is 1. The molecule has 2 aromatic rings. The summed E-state index contributed by atoms with van der Waals surface area (Å²) in [5.74, 6) is 1.83. The molecule has 98 valence electrons. The lowest BCUT2D eigenvalue weighted by Gasteiger charge is -2.27. The highest BCUT2D eigenvalue weighted by molar-refractivity contribution is 5.58. The minimum atomic E-state index is 0.244. The van der Waals surface area contributed by atoms with E-state index in [2.05, 4.69) is 14.9 Å². The van der Waals surface area contributed by atoms with Gasteiger partial charge in [0.05, 0.1) is 13.2 Å². The van der Waals surface area contributed by atoms with Crippen LogP contribution in [0.3, 0.4) is 0 Å². The van der Waals surface area contributed by atoms with Crippen molar-refractivity contribution >= 4 is 5.82 Å². The van der Waals surface area contributed by atoms with E-state index in [0.29, 0.717) is 5.82 Å². The Bertz CT molecular complexity index is 551. The van der Waals surface area contributed by atoms with Crippen molar-refractivity contribution in [2.45, 2.75) is 0 Å². The van der Waals surface area contributed by atoms with Crippen LogP contribution >= 0.6 is 0 Å². The number of aromatic nitrogens is 2. The molecular weight excluding hydrogens is 242 g/mol. The summed E-state index contributed by atoms with van der Waals surface area (Å²) in [4.78, 5) is 11.0. The van der Waals surface area contributed by atoms with Crippen molar-refractivity contribution in [2.75, 3.05) is 31.2 Å². The van der Waals surface area contributed by atoms with Crippen molar-refractivity contribution in [1.82, 2.24) is 9.97 Å². The summed E-state index contributed by atoms with van der Waals surface area (Å²) in [5, 5.41) is 9.30. The summed E-state index contributed by atoms with van der Waals surface area (Å²) in [7, 11) is 0. The minimum Gasteiger partial charge on any atom is -0.508 e.